The zero-order valence-electron chi connectivity index (χ0n) is 21.4. The number of benzene rings is 1. The lowest BCUT2D eigenvalue weighted by Gasteiger charge is -2.25. The number of ether oxygens (including phenoxy) is 2. The van der Waals surface area contributed by atoms with Gasteiger partial charge in [0.25, 0.3) is 11.8 Å². The molecule has 1 aliphatic carbocycles. The first-order valence-electron chi connectivity index (χ1n) is 12.9. The number of hydrogen-bond donors (Lipinski definition) is 3. The summed E-state index contributed by atoms with van der Waals surface area (Å²) in [6.45, 7) is 5.26. The Kier molecular flexibility index (Phi) is 8.86. The minimum Gasteiger partial charge on any atom is -0.486 e. The third kappa shape index (κ3) is 6.71. The van der Waals surface area contributed by atoms with Crippen LogP contribution in [0.4, 0.5) is 11.4 Å². The SMILES string of the molecule is CC(C)CCNC(=O)CN(C(=O)c1snc(C(=O)NC2CCCCC2)c1N)c1ccc2c(c1)OCCO2. The molecule has 0 bridgehead atoms. The molecular weight excluding hydrogens is 494 g/mol. The molecule has 0 saturated heterocycles. The highest BCUT2D eigenvalue weighted by Gasteiger charge is 2.30. The number of nitrogen functional groups attached to an aromatic ring is 1. The fraction of sp³-hybridized carbons (Fsp3) is 0.538. The van der Waals surface area contributed by atoms with Gasteiger partial charge in [0.1, 0.15) is 24.6 Å². The van der Waals surface area contributed by atoms with Crippen LogP contribution >= 0.6 is 11.5 Å². The highest BCUT2D eigenvalue weighted by Crippen LogP contribution is 2.35. The van der Waals surface area contributed by atoms with E-state index in [4.69, 9.17) is 15.2 Å². The lowest BCUT2D eigenvalue weighted by Crippen LogP contribution is -2.41. The topological polar surface area (TPSA) is 136 Å². The van der Waals surface area contributed by atoms with Gasteiger partial charge in [-0.15, -0.1) is 0 Å². The van der Waals surface area contributed by atoms with E-state index in [0.717, 1.165) is 43.6 Å². The molecule has 37 heavy (non-hydrogen) atoms. The van der Waals surface area contributed by atoms with Crippen molar-refractivity contribution in [3.8, 4) is 11.5 Å². The molecule has 1 aliphatic heterocycles. The molecule has 0 atom stereocenters. The minimum atomic E-state index is -0.512. The van der Waals surface area contributed by atoms with Crippen LogP contribution in [-0.2, 0) is 4.79 Å². The third-order valence-electron chi connectivity index (χ3n) is 6.51. The molecule has 3 amide bonds. The Balaban J connectivity index is 1.55. The van der Waals surface area contributed by atoms with Crippen LogP contribution in [0.3, 0.4) is 0 Å². The van der Waals surface area contributed by atoms with Crippen LogP contribution in [0.5, 0.6) is 11.5 Å². The third-order valence-corrected chi connectivity index (χ3v) is 7.36. The molecule has 1 saturated carbocycles. The van der Waals surface area contributed by atoms with Gasteiger partial charge >= 0.3 is 0 Å². The zero-order chi connectivity index (χ0) is 26.4. The molecule has 4 N–H and O–H groups in total. The largest absolute Gasteiger partial charge is 0.486 e. The maximum absolute atomic E-state index is 13.7. The monoisotopic (exact) mass is 529 g/mol. The average molecular weight is 530 g/mol. The Hall–Kier alpha value is -3.34. The van der Waals surface area contributed by atoms with Gasteiger partial charge in [0.2, 0.25) is 5.91 Å². The van der Waals surface area contributed by atoms with E-state index >= 15 is 0 Å². The van der Waals surface area contributed by atoms with Crippen molar-refractivity contribution in [3.63, 3.8) is 0 Å². The predicted octanol–water partition coefficient (Wildman–Crippen LogP) is 3.37. The van der Waals surface area contributed by atoms with Gasteiger partial charge in [0, 0.05) is 24.3 Å². The lowest BCUT2D eigenvalue weighted by atomic mass is 9.95. The summed E-state index contributed by atoms with van der Waals surface area (Å²) in [5, 5.41) is 5.86. The standard InChI is InChI=1S/C26H35N5O5S/c1-16(2)10-11-28-21(32)15-31(18-8-9-19-20(14-18)36-13-12-35-19)26(34)24-22(27)23(30-37-24)25(33)29-17-6-4-3-5-7-17/h8-9,14,16-17H,3-7,10-13,15,27H2,1-2H3,(H,28,32)(H,29,33). The van der Waals surface area contributed by atoms with Gasteiger partial charge in [-0.05, 0) is 48.8 Å². The predicted molar refractivity (Wildman–Crippen MR) is 142 cm³/mol. The maximum Gasteiger partial charge on any atom is 0.273 e. The average Bonchev–Trinajstić information content (AvgIpc) is 3.28. The van der Waals surface area contributed by atoms with Crippen molar-refractivity contribution in [2.45, 2.75) is 58.4 Å². The van der Waals surface area contributed by atoms with Gasteiger partial charge in [-0.25, -0.2) is 0 Å². The maximum atomic E-state index is 13.7. The quantitative estimate of drug-likeness (QED) is 0.453. The highest BCUT2D eigenvalue weighted by molar-refractivity contribution is 7.09. The number of rotatable bonds is 9. The summed E-state index contributed by atoms with van der Waals surface area (Å²) in [6, 6.07) is 5.16. The number of fused-ring (bicyclic) bond motifs is 1. The smallest absolute Gasteiger partial charge is 0.273 e. The summed E-state index contributed by atoms with van der Waals surface area (Å²) >= 11 is 0.861. The number of carbonyl (C=O) groups is 3. The summed E-state index contributed by atoms with van der Waals surface area (Å²) in [4.78, 5) is 40.8. The van der Waals surface area contributed by atoms with Crippen molar-refractivity contribution in [2.75, 3.05) is 36.9 Å². The molecule has 0 unspecified atom stereocenters. The molecule has 1 aromatic carbocycles. The number of aromatic nitrogens is 1. The van der Waals surface area contributed by atoms with Gasteiger partial charge in [-0.3, -0.25) is 19.3 Å². The molecule has 2 aliphatic rings. The Morgan fingerprint density at radius 3 is 2.59 bits per heavy atom. The molecule has 0 radical (unpaired) electrons. The lowest BCUT2D eigenvalue weighted by molar-refractivity contribution is -0.119. The summed E-state index contributed by atoms with van der Waals surface area (Å²) in [7, 11) is 0. The van der Waals surface area contributed by atoms with Gasteiger partial charge in [0.15, 0.2) is 17.2 Å². The second kappa shape index (κ2) is 12.3. The fourth-order valence-electron chi connectivity index (χ4n) is 4.42. The highest BCUT2D eigenvalue weighted by atomic mass is 32.1. The van der Waals surface area contributed by atoms with Gasteiger partial charge in [0.05, 0.1) is 5.69 Å². The summed E-state index contributed by atoms with van der Waals surface area (Å²) < 4.78 is 15.5. The van der Waals surface area contributed by atoms with Crippen LogP contribution in [0, 0.1) is 5.92 Å². The second-order valence-corrected chi connectivity index (χ2v) is 10.6. The normalized spacial score (nSPS) is 15.3. The molecule has 0 spiro atoms. The number of amides is 3. The Morgan fingerprint density at radius 1 is 1.14 bits per heavy atom. The van der Waals surface area contributed by atoms with Crippen molar-refractivity contribution in [2.24, 2.45) is 5.92 Å². The number of hydrogen-bond acceptors (Lipinski definition) is 8. The molecule has 4 rings (SSSR count). The van der Waals surface area contributed by atoms with Crippen LogP contribution < -0.4 is 30.7 Å². The molecular formula is C26H35N5O5S. The number of nitrogens with zero attached hydrogens (tertiary/aromatic N) is 2. The van der Waals surface area contributed by atoms with E-state index in [9.17, 15) is 14.4 Å². The van der Waals surface area contributed by atoms with E-state index in [1.54, 1.807) is 18.2 Å². The fourth-order valence-corrected chi connectivity index (χ4v) is 5.17. The Labute approximate surface area is 221 Å². The van der Waals surface area contributed by atoms with E-state index in [1.807, 2.05) is 0 Å². The van der Waals surface area contributed by atoms with E-state index in [-0.39, 0.29) is 40.7 Å². The Morgan fingerprint density at radius 2 is 1.86 bits per heavy atom. The van der Waals surface area contributed by atoms with Crippen molar-refractivity contribution in [1.82, 2.24) is 15.0 Å². The van der Waals surface area contributed by atoms with E-state index < -0.39 is 5.91 Å². The molecule has 11 heteroatoms. The van der Waals surface area contributed by atoms with Crippen molar-refractivity contribution >= 4 is 40.6 Å². The first-order valence-corrected chi connectivity index (χ1v) is 13.6. The van der Waals surface area contributed by atoms with Crippen molar-refractivity contribution < 1.29 is 23.9 Å². The van der Waals surface area contributed by atoms with Gasteiger partial charge in [-0.1, -0.05) is 33.1 Å². The number of nitrogens with one attached hydrogen (secondary N) is 2. The number of carbonyl (C=O) groups excluding carboxylic acids is 3. The van der Waals surface area contributed by atoms with E-state index in [0.29, 0.717) is 42.9 Å². The molecule has 2 heterocycles. The first kappa shape index (κ1) is 26.7. The molecule has 1 fully saturated rings. The first-order chi connectivity index (χ1) is 17.8. The van der Waals surface area contributed by atoms with Crippen LogP contribution in [0.1, 0.15) is 72.5 Å². The van der Waals surface area contributed by atoms with E-state index in [1.165, 1.54) is 11.3 Å². The van der Waals surface area contributed by atoms with Gasteiger partial charge in [-0.2, -0.15) is 4.37 Å². The second-order valence-electron chi connectivity index (χ2n) is 9.83. The summed E-state index contributed by atoms with van der Waals surface area (Å²) in [6.07, 6.45) is 5.99. The molecule has 1 aromatic heterocycles. The molecule has 10 nitrogen and oxygen atoms in total. The molecule has 200 valence electrons. The Bertz CT molecular complexity index is 1130. The van der Waals surface area contributed by atoms with Crippen LogP contribution in [0.2, 0.25) is 0 Å². The van der Waals surface area contributed by atoms with Crippen LogP contribution in [0.15, 0.2) is 18.2 Å². The summed E-state index contributed by atoms with van der Waals surface area (Å²) in [5.74, 6) is 0.307. The van der Waals surface area contributed by atoms with E-state index in [2.05, 4.69) is 28.9 Å². The summed E-state index contributed by atoms with van der Waals surface area (Å²) in [5.41, 5.74) is 6.79. The van der Waals surface area contributed by atoms with Crippen LogP contribution in [0.25, 0.3) is 0 Å². The minimum absolute atomic E-state index is 0.0195. The molecule has 2 aromatic rings. The number of anilines is 2. The van der Waals surface area contributed by atoms with Crippen molar-refractivity contribution in [3.05, 3.63) is 28.8 Å². The van der Waals surface area contributed by atoms with Gasteiger partial charge < -0.3 is 25.8 Å². The number of nitrogens with two attached hydrogens (primary N) is 1. The zero-order valence-corrected chi connectivity index (χ0v) is 22.2. The van der Waals surface area contributed by atoms with Crippen molar-refractivity contribution in [1.29, 1.82) is 0 Å². The van der Waals surface area contributed by atoms with Crippen LogP contribution in [-0.4, -0.2) is 54.4 Å².